The molecule has 2 rings (SSSR count). The molecular weight excluding hydrogens is 407 g/mol. The Kier molecular flexibility index (Phi) is 13.6. The van der Waals surface area contributed by atoms with E-state index in [1.54, 1.807) is 6.07 Å². The molecule has 0 spiro atoms. The third-order valence-electron chi connectivity index (χ3n) is 5.07. The van der Waals surface area contributed by atoms with Gasteiger partial charge in [0, 0.05) is 0 Å². The van der Waals surface area contributed by atoms with Crippen molar-refractivity contribution in [3.63, 3.8) is 0 Å². The van der Waals surface area contributed by atoms with Crippen molar-refractivity contribution < 1.29 is 47.3 Å². The van der Waals surface area contributed by atoms with Crippen LogP contribution in [0.1, 0.15) is 76.7 Å². The monoisotopic (exact) mass is 440 g/mol. The van der Waals surface area contributed by atoms with Crippen LogP contribution in [-0.2, 0) is 16.5 Å². The second-order valence-corrected chi connectivity index (χ2v) is 8.99. The Hall–Kier alpha value is -0.850. The molecule has 0 radical (unpaired) electrons. The van der Waals surface area contributed by atoms with Gasteiger partial charge in [0.2, 0.25) is 0 Å². The van der Waals surface area contributed by atoms with E-state index in [0.717, 1.165) is 6.42 Å². The van der Waals surface area contributed by atoms with Crippen molar-refractivity contribution in [1.29, 1.82) is 0 Å². The van der Waals surface area contributed by atoms with Gasteiger partial charge >= 0.3 is 29.6 Å². The molecule has 6 heteroatoms. The Labute approximate surface area is 204 Å². The molecule has 0 heterocycles. The smallest absolute Gasteiger partial charge is 0.744 e. The van der Waals surface area contributed by atoms with E-state index in [4.69, 9.17) is 4.74 Å². The first-order valence-electron chi connectivity index (χ1n) is 10.8. The van der Waals surface area contributed by atoms with Gasteiger partial charge in [0.1, 0.15) is 21.6 Å². The molecule has 0 aliphatic heterocycles. The van der Waals surface area contributed by atoms with E-state index in [1.807, 2.05) is 24.3 Å². The molecule has 0 aromatic heterocycles. The molecule has 0 saturated carbocycles. The van der Waals surface area contributed by atoms with Crippen LogP contribution in [0.5, 0.6) is 11.5 Å². The summed E-state index contributed by atoms with van der Waals surface area (Å²) in [5.74, 6) is 0.960. The van der Waals surface area contributed by atoms with Crippen molar-refractivity contribution in [2.75, 3.05) is 0 Å². The van der Waals surface area contributed by atoms with Crippen LogP contribution in [0.15, 0.2) is 53.4 Å². The molecule has 0 amide bonds. The molecule has 0 atom stereocenters. The molecule has 2 aromatic carbocycles. The molecular formula is C24H33NaO4S. The molecule has 0 unspecified atom stereocenters. The van der Waals surface area contributed by atoms with E-state index in [1.165, 1.54) is 88.0 Å². The summed E-state index contributed by atoms with van der Waals surface area (Å²) in [6, 6.07) is 13.5. The zero-order valence-corrected chi connectivity index (χ0v) is 21.3. The standard InChI is InChI=1S/C24H34O4S.Na/c1-2-3-4-5-6-7-8-9-10-11-13-21-16-18-22(19-17-21)28-23-14-12-15-24(20-23)29(25,26)27;/h12,14-20H,2-11,13H2,1H3,(H,25,26,27);/q;+1/p-1. The van der Waals surface area contributed by atoms with E-state index in [-0.39, 0.29) is 34.5 Å². The molecule has 4 nitrogen and oxygen atoms in total. The van der Waals surface area contributed by atoms with Gasteiger partial charge in [-0.25, -0.2) is 8.42 Å². The molecule has 0 N–H and O–H groups in total. The van der Waals surface area contributed by atoms with Crippen LogP contribution < -0.4 is 34.3 Å². The number of ether oxygens (including phenoxy) is 1. The summed E-state index contributed by atoms with van der Waals surface area (Å²) in [6.07, 6.45) is 14.4. The average Bonchev–Trinajstić information content (AvgIpc) is 2.70. The second-order valence-electron chi connectivity index (χ2n) is 7.61. The summed E-state index contributed by atoms with van der Waals surface area (Å²) >= 11 is 0. The van der Waals surface area contributed by atoms with Crippen molar-refractivity contribution in [3.05, 3.63) is 54.1 Å². The van der Waals surface area contributed by atoms with Gasteiger partial charge < -0.3 is 9.29 Å². The van der Waals surface area contributed by atoms with Crippen LogP contribution in [0, 0.1) is 0 Å². The summed E-state index contributed by atoms with van der Waals surface area (Å²) in [5, 5.41) is 0. The third-order valence-corrected chi connectivity index (χ3v) is 5.90. The first-order chi connectivity index (χ1) is 14.0. The van der Waals surface area contributed by atoms with E-state index < -0.39 is 10.1 Å². The fraction of sp³-hybridized carbons (Fsp3) is 0.500. The van der Waals surface area contributed by atoms with Crippen LogP contribution in [0.25, 0.3) is 0 Å². The fourth-order valence-corrected chi connectivity index (χ4v) is 3.88. The molecule has 0 aliphatic carbocycles. The van der Waals surface area contributed by atoms with E-state index >= 15 is 0 Å². The molecule has 2 aromatic rings. The summed E-state index contributed by atoms with van der Waals surface area (Å²) in [5.41, 5.74) is 1.27. The van der Waals surface area contributed by atoms with Crippen LogP contribution in [0.3, 0.4) is 0 Å². The van der Waals surface area contributed by atoms with Gasteiger partial charge in [-0.1, -0.05) is 82.9 Å². The van der Waals surface area contributed by atoms with E-state index in [0.29, 0.717) is 11.5 Å². The molecule has 0 saturated heterocycles. The predicted molar refractivity (Wildman–Crippen MR) is 116 cm³/mol. The maximum absolute atomic E-state index is 11.1. The van der Waals surface area contributed by atoms with Crippen LogP contribution >= 0.6 is 0 Å². The summed E-state index contributed by atoms with van der Waals surface area (Å²) in [6.45, 7) is 2.25. The van der Waals surface area contributed by atoms with E-state index in [2.05, 4.69) is 6.92 Å². The topological polar surface area (TPSA) is 66.4 Å². The van der Waals surface area contributed by atoms with Crippen LogP contribution in [0.4, 0.5) is 0 Å². The van der Waals surface area contributed by atoms with Gasteiger partial charge in [0.15, 0.2) is 0 Å². The number of aryl methyl sites for hydroxylation is 1. The van der Waals surface area contributed by atoms with Gasteiger partial charge in [-0.2, -0.15) is 0 Å². The van der Waals surface area contributed by atoms with Crippen molar-refractivity contribution in [2.45, 2.75) is 82.4 Å². The molecule has 0 fully saturated rings. The van der Waals surface area contributed by atoms with E-state index in [9.17, 15) is 13.0 Å². The number of hydrogen-bond acceptors (Lipinski definition) is 4. The van der Waals surface area contributed by atoms with Crippen LogP contribution in [-0.4, -0.2) is 13.0 Å². The third kappa shape index (κ3) is 11.0. The normalized spacial score (nSPS) is 11.1. The minimum atomic E-state index is -4.48. The Morgan fingerprint density at radius 2 is 1.33 bits per heavy atom. The molecule has 160 valence electrons. The summed E-state index contributed by atoms with van der Waals surface area (Å²) in [4.78, 5) is -0.285. The van der Waals surface area contributed by atoms with Crippen molar-refractivity contribution in [1.82, 2.24) is 0 Å². The van der Waals surface area contributed by atoms with Crippen molar-refractivity contribution in [2.24, 2.45) is 0 Å². The minimum absolute atomic E-state index is 0. The Morgan fingerprint density at radius 1 is 0.767 bits per heavy atom. The second kappa shape index (κ2) is 15.0. The Bertz CT molecular complexity index is 819. The number of rotatable bonds is 14. The van der Waals surface area contributed by atoms with Gasteiger partial charge in [-0.15, -0.1) is 0 Å². The predicted octanol–water partition coefficient (Wildman–Crippen LogP) is 3.85. The summed E-state index contributed by atoms with van der Waals surface area (Å²) < 4.78 is 39.0. The molecule has 30 heavy (non-hydrogen) atoms. The van der Waals surface area contributed by atoms with Crippen molar-refractivity contribution >= 4 is 10.1 Å². The quantitative estimate of drug-likeness (QED) is 0.254. The Morgan fingerprint density at radius 3 is 1.90 bits per heavy atom. The fourth-order valence-electron chi connectivity index (χ4n) is 3.37. The van der Waals surface area contributed by atoms with Gasteiger partial charge in [0.05, 0.1) is 4.90 Å². The molecule has 0 bridgehead atoms. The number of hydrogen-bond donors (Lipinski definition) is 0. The number of unbranched alkanes of at least 4 members (excludes halogenated alkanes) is 9. The maximum atomic E-state index is 11.1. The largest absolute Gasteiger partial charge is 1.00 e. The minimum Gasteiger partial charge on any atom is -0.744 e. The van der Waals surface area contributed by atoms with Gasteiger partial charge in [-0.05, 0) is 48.7 Å². The summed E-state index contributed by atoms with van der Waals surface area (Å²) in [7, 11) is -4.48. The zero-order valence-electron chi connectivity index (χ0n) is 18.4. The first kappa shape index (κ1) is 27.2. The number of benzene rings is 2. The Balaban J connectivity index is 0.00000450. The first-order valence-corrected chi connectivity index (χ1v) is 12.2. The zero-order chi connectivity index (χ0) is 21.0. The average molecular weight is 441 g/mol. The SMILES string of the molecule is CCCCCCCCCCCCc1ccc(Oc2cccc(S(=O)(=O)[O-])c2)cc1.[Na+]. The maximum Gasteiger partial charge on any atom is 1.00 e. The molecule has 0 aliphatic rings. The van der Waals surface area contributed by atoms with Crippen LogP contribution in [0.2, 0.25) is 0 Å². The van der Waals surface area contributed by atoms with Gasteiger partial charge in [0.25, 0.3) is 0 Å². The van der Waals surface area contributed by atoms with Crippen molar-refractivity contribution in [3.8, 4) is 11.5 Å². The van der Waals surface area contributed by atoms with Gasteiger partial charge in [-0.3, -0.25) is 0 Å².